The van der Waals surface area contributed by atoms with Crippen LogP contribution in [-0.2, 0) is 12.8 Å². The summed E-state index contributed by atoms with van der Waals surface area (Å²) in [7, 11) is 0. The van der Waals surface area contributed by atoms with Crippen molar-refractivity contribution in [2.75, 3.05) is 0 Å². The van der Waals surface area contributed by atoms with Gasteiger partial charge in [-0.25, -0.2) is 0 Å². The average Bonchev–Trinajstić information content (AvgIpc) is 2.38. The van der Waals surface area contributed by atoms with Crippen molar-refractivity contribution in [1.29, 1.82) is 5.26 Å². The van der Waals surface area contributed by atoms with Crippen LogP contribution >= 0.6 is 12.2 Å². The van der Waals surface area contributed by atoms with Gasteiger partial charge in [-0.3, -0.25) is 0 Å². The molecule has 0 aliphatic heterocycles. The lowest BCUT2D eigenvalue weighted by Gasteiger charge is -2.18. The summed E-state index contributed by atoms with van der Waals surface area (Å²) in [5.74, 6) is 0.260. The van der Waals surface area contributed by atoms with Gasteiger partial charge in [-0.15, -0.1) is 0 Å². The molecule has 18 heavy (non-hydrogen) atoms. The molecular weight excluding hydrogens is 244 g/mol. The first kappa shape index (κ1) is 12.6. The largest absolute Gasteiger partial charge is 0.507 e. The first-order valence-corrected chi connectivity index (χ1v) is 6.29. The van der Waals surface area contributed by atoms with Gasteiger partial charge in [0.25, 0.3) is 0 Å². The van der Waals surface area contributed by atoms with Crippen LogP contribution in [0.15, 0.2) is 17.7 Å². The number of aryl methyl sites for hydroxylation is 1. The van der Waals surface area contributed by atoms with E-state index in [2.05, 4.69) is 0 Å². The first-order valence-electron chi connectivity index (χ1n) is 5.89. The number of nitriles is 1. The number of nitrogens with two attached hydrogens (primary N) is 1. The van der Waals surface area contributed by atoms with Crippen LogP contribution in [0.4, 0.5) is 0 Å². The maximum atomic E-state index is 10.2. The Bertz CT molecular complexity index is 570. The molecular formula is C14H14N2OS. The third kappa shape index (κ3) is 2.36. The molecule has 0 spiro atoms. The number of hydrogen-bond donors (Lipinski definition) is 2. The molecule has 2 rings (SSSR count). The number of fused-ring (bicyclic) bond motifs is 1. The lowest BCUT2D eigenvalue weighted by atomic mass is 9.89. The van der Waals surface area contributed by atoms with Crippen LogP contribution in [0.2, 0.25) is 0 Å². The number of benzene rings is 1. The number of nitrogens with zero attached hydrogens (tertiary/aromatic N) is 1. The monoisotopic (exact) mass is 258 g/mol. The lowest BCUT2D eigenvalue weighted by Crippen LogP contribution is -2.10. The fourth-order valence-corrected chi connectivity index (χ4v) is 2.36. The van der Waals surface area contributed by atoms with E-state index in [1.54, 1.807) is 6.08 Å². The molecule has 0 fully saturated rings. The smallest absolute Gasteiger partial charge is 0.126 e. The number of thiocarbonyl (C=S) groups is 1. The van der Waals surface area contributed by atoms with Crippen LogP contribution < -0.4 is 5.73 Å². The van der Waals surface area contributed by atoms with Gasteiger partial charge in [0.1, 0.15) is 16.8 Å². The molecule has 1 aliphatic rings. The summed E-state index contributed by atoms with van der Waals surface area (Å²) in [6, 6.07) is 5.76. The highest BCUT2D eigenvalue weighted by Gasteiger charge is 2.15. The van der Waals surface area contributed by atoms with Gasteiger partial charge in [0.2, 0.25) is 0 Å². The number of aromatic hydroxyl groups is 1. The molecule has 0 saturated carbocycles. The molecule has 0 bridgehead atoms. The van der Waals surface area contributed by atoms with Gasteiger partial charge >= 0.3 is 0 Å². The molecule has 0 unspecified atom stereocenters. The van der Waals surface area contributed by atoms with Crippen molar-refractivity contribution in [1.82, 2.24) is 0 Å². The number of phenolic OH excluding ortho intramolecular Hbond substituents is 1. The molecule has 4 heteroatoms. The first-order chi connectivity index (χ1) is 8.63. The van der Waals surface area contributed by atoms with Crippen molar-refractivity contribution in [3.8, 4) is 11.8 Å². The summed E-state index contributed by atoms with van der Waals surface area (Å²) < 4.78 is 0. The maximum Gasteiger partial charge on any atom is 0.126 e. The van der Waals surface area contributed by atoms with Gasteiger partial charge in [-0.2, -0.15) is 5.26 Å². The molecule has 0 amide bonds. The van der Waals surface area contributed by atoms with Crippen molar-refractivity contribution in [3.63, 3.8) is 0 Å². The van der Waals surface area contributed by atoms with Crippen LogP contribution in [0.3, 0.4) is 0 Å². The molecule has 3 N–H and O–H groups in total. The Hall–Kier alpha value is -1.86. The van der Waals surface area contributed by atoms with Crippen LogP contribution in [0.25, 0.3) is 6.08 Å². The van der Waals surface area contributed by atoms with E-state index in [1.807, 2.05) is 18.2 Å². The maximum absolute atomic E-state index is 10.2. The van der Waals surface area contributed by atoms with Crippen LogP contribution in [0, 0.1) is 11.3 Å². The predicted octanol–water partition coefficient (Wildman–Crippen LogP) is 2.46. The zero-order valence-electron chi connectivity index (χ0n) is 9.94. The summed E-state index contributed by atoms with van der Waals surface area (Å²) in [4.78, 5) is 0.0506. The van der Waals surface area contributed by atoms with Gasteiger partial charge < -0.3 is 10.8 Å². The van der Waals surface area contributed by atoms with Gasteiger partial charge in [-0.05, 0) is 42.9 Å². The third-order valence-corrected chi connectivity index (χ3v) is 3.44. The van der Waals surface area contributed by atoms with Crippen molar-refractivity contribution in [3.05, 3.63) is 34.4 Å². The van der Waals surface area contributed by atoms with E-state index in [1.165, 1.54) is 5.56 Å². The number of hydrogen-bond acceptors (Lipinski definition) is 3. The summed E-state index contributed by atoms with van der Waals surface area (Å²) in [6.07, 6.45) is 5.70. The zero-order chi connectivity index (χ0) is 13.1. The number of rotatable bonds is 2. The predicted molar refractivity (Wildman–Crippen MR) is 75.1 cm³/mol. The van der Waals surface area contributed by atoms with Gasteiger partial charge in [0, 0.05) is 5.56 Å². The summed E-state index contributed by atoms with van der Waals surface area (Å²) in [5, 5.41) is 19.1. The molecule has 1 aliphatic carbocycles. The summed E-state index contributed by atoms with van der Waals surface area (Å²) in [5.41, 5.74) is 8.47. The van der Waals surface area contributed by atoms with Crippen molar-refractivity contribution in [2.45, 2.75) is 25.7 Å². The second kappa shape index (κ2) is 5.19. The Morgan fingerprint density at radius 1 is 1.39 bits per heavy atom. The zero-order valence-corrected chi connectivity index (χ0v) is 10.8. The van der Waals surface area contributed by atoms with E-state index >= 15 is 0 Å². The standard InChI is InChI=1S/C14H14N2OS/c15-8-11(14(16)18)7-10-6-5-9-3-1-2-4-12(9)13(10)17/h5-7,17H,1-4H2,(H2,16,18). The van der Waals surface area contributed by atoms with Gasteiger partial charge in [0.15, 0.2) is 0 Å². The highest BCUT2D eigenvalue weighted by Crippen LogP contribution is 2.33. The Balaban J connectivity index is 2.48. The normalized spacial score (nSPS) is 14.7. The minimum absolute atomic E-state index is 0.0506. The van der Waals surface area contributed by atoms with Crippen LogP contribution in [0.1, 0.15) is 29.5 Å². The van der Waals surface area contributed by atoms with Gasteiger partial charge in [0.05, 0.1) is 5.57 Å². The molecule has 92 valence electrons. The Kier molecular flexibility index (Phi) is 3.63. The minimum Gasteiger partial charge on any atom is -0.507 e. The fraction of sp³-hybridized carbons (Fsp3) is 0.286. The van der Waals surface area contributed by atoms with Crippen molar-refractivity contribution >= 4 is 23.3 Å². The highest BCUT2D eigenvalue weighted by atomic mass is 32.1. The molecule has 0 heterocycles. The molecule has 0 atom stereocenters. The lowest BCUT2D eigenvalue weighted by molar-refractivity contribution is 0.460. The summed E-state index contributed by atoms with van der Waals surface area (Å²) >= 11 is 4.78. The van der Waals surface area contributed by atoms with Gasteiger partial charge in [-0.1, -0.05) is 24.4 Å². The van der Waals surface area contributed by atoms with Crippen molar-refractivity contribution < 1.29 is 5.11 Å². The topological polar surface area (TPSA) is 70.0 Å². The molecule has 0 saturated heterocycles. The summed E-state index contributed by atoms with van der Waals surface area (Å²) in [6.45, 7) is 0. The SMILES string of the molecule is N#CC(=Cc1ccc2c(c1O)CCCC2)C(N)=S. The minimum atomic E-state index is 0.0506. The van der Waals surface area contributed by atoms with E-state index in [-0.39, 0.29) is 16.3 Å². The van der Waals surface area contributed by atoms with E-state index in [9.17, 15) is 5.11 Å². The van der Waals surface area contributed by atoms with Crippen LogP contribution in [0.5, 0.6) is 5.75 Å². The van der Waals surface area contributed by atoms with E-state index in [0.717, 1.165) is 31.2 Å². The Morgan fingerprint density at radius 2 is 2.11 bits per heavy atom. The third-order valence-electron chi connectivity index (χ3n) is 3.22. The highest BCUT2D eigenvalue weighted by molar-refractivity contribution is 7.80. The molecule has 1 aromatic rings. The van der Waals surface area contributed by atoms with E-state index in [0.29, 0.717) is 5.56 Å². The average molecular weight is 258 g/mol. The van der Waals surface area contributed by atoms with Crippen LogP contribution in [-0.4, -0.2) is 10.1 Å². The van der Waals surface area contributed by atoms with E-state index in [4.69, 9.17) is 23.2 Å². The molecule has 1 aromatic carbocycles. The second-order valence-electron chi connectivity index (χ2n) is 4.38. The molecule has 0 aromatic heterocycles. The molecule has 0 radical (unpaired) electrons. The van der Waals surface area contributed by atoms with E-state index < -0.39 is 0 Å². The number of phenols is 1. The molecule has 3 nitrogen and oxygen atoms in total. The van der Waals surface area contributed by atoms with Crippen molar-refractivity contribution in [2.24, 2.45) is 5.73 Å². The Morgan fingerprint density at radius 3 is 2.78 bits per heavy atom. The Labute approximate surface area is 112 Å². The quantitative estimate of drug-likeness (QED) is 0.485. The fourth-order valence-electron chi connectivity index (χ4n) is 2.26. The second-order valence-corrected chi connectivity index (χ2v) is 4.82.